The van der Waals surface area contributed by atoms with Crippen LogP contribution in [0.3, 0.4) is 0 Å². The molecule has 1 aliphatic heterocycles. The summed E-state index contributed by atoms with van der Waals surface area (Å²) in [5, 5.41) is 0.547. The Hall–Kier alpha value is -1.79. The minimum Gasteiger partial charge on any atom is -0.343 e. The summed E-state index contributed by atoms with van der Waals surface area (Å²) < 4.78 is 2.82. The van der Waals surface area contributed by atoms with Gasteiger partial charge in [0.25, 0.3) is 11.8 Å². The zero-order chi connectivity index (χ0) is 18.0. The van der Waals surface area contributed by atoms with Crippen LogP contribution in [0.15, 0.2) is 41.0 Å². The molecule has 2 aromatic rings. The molecule has 1 aromatic carbocycles. The summed E-state index contributed by atoms with van der Waals surface area (Å²) in [6.07, 6.45) is 1.91. The molecule has 1 saturated heterocycles. The number of carbonyl (C=O) groups is 2. The van der Waals surface area contributed by atoms with Gasteiger partial charge in [-0.2, -0.15) is 0 Å². The van der Waals surface area contributed by atoms with Crippen molar-refractivity contribution in [2.24, 2.45) is 0 Å². The fourth-order valence-electron chi connectivity index (χ4n) is 2.99. The number of aryl methyl sites for hydroxylation is 1. The Morgan fingerprint density at radius 1 is 1.08 bits per heavy atom. The average molecular weight is 425 g/mol. The molecule has 0 radical (unpaired) electrons. The predicted molar refractivity (Wildman–Crippen MR) is 101 cm³/mol. The number of nitrogens with zero attached hydrogens (tertiary/aromatic N) is 3. The van der Waals surface area contributed by atoms with Crippen LogP contribution in [-0.4, -0.2) is 52.4 Å². The second kappa shape index (κ2) is 7.62. The quantitative estimate of drug-likeness (QED) is 0.757. The zero-order valence-electron chi connectivity index (χ0n) is 13.9. The van der Waals surface area contributed by atoms with Gasteiger partial charge in [0.05, 0.1) is 0 Å². The highest BCUT2D eigenvalue weighted by Crippen LogP contribution is 2.19. The molecule has 25 heavy (non-hydrogen) atoms. The van der Waals surface area contributed by atoms with Crippen LogP contribution in [0.1, 0.15) is 27.8 Å². The minimum atomic E-state index is -0.0470. The van der Waals surface area contributed by atoms with Crippen LogP contribution in [0.4, 0.5) is 0 Å². The normalized spacial score (nSPS) is 14.7. The summed E-state index contributed by atoms with van der Waals surface area (Å²) in [6, 6.07) is 8.79. The molecule has 0 atom stereocenters. The van der Waals surface area contributed by atoms with Crippen LogP contribution in [0.2, 0.25) is 5.02 Å². The van der Waals surface area contributed by atoms with Gasteiger partial charge in [-0.3, -0.25) is 9.59 Å². The molecule has 1 aliphatic rings. The van der Waals surface area contributed by atoms with Crippen LogP contribution >= 0.6 is 27.5 Å². The van der Waals surface area contributed by atoms with Gasteiger partial charge in [-0.25, -0.2) is 0 Å². The molecule has 7 heteroatoms. The van der Waals surface area contributed by atoms with E-state index >= 15 is 0 Å². The molecule has 2 heterocycles. The third kappa shape index (κ3) is 3.90. The first-order valence-electron chi connectivity index (χ1n) is 8.19. The first kappa shape index (κ1) is 18.0. The minimum absolute atomic E-state index is 0.00223. The SMILES string of the molecule is CCn1cc(Br)cc1C(=O)N1CCN(C(=O)c2cccc(Cl)c2)CC1. The molecule has 1 fully saturated rings. The number of benzene rings is 1. The third-order valence-corrected chi connectivity index (χ3v) is 5.02. The first-order chi connectivity index (χ1) is 12.0. The van der Waals surface area contributed by atoms with Gasteiger partial charge in [0.15, 0.2) is 0 Å². The highest BCUT2D eigenvalue weighted by molar-refractivity contribution is 9.10. The molecule has 0 aliphatic carbocycles. The fraction of sp³-hybridized carbons (Fsp3) is 0.333. The second-order valence-corrected chi connectivity index (χ2v) is 7.28. The summed E-state index contributed by atoms with van der Waals surface area (Å²) in [4.78, 5) is 28.9. The maximum absolute atomic E-state index is 12.7. The monoisotopic (exact) mass is 423 g/mol. The Labute approximate surface area is 160 Å². The molecule has 1 aromatic heterocycles. The highest BCUT2D eigenvalue weighted by atomic mass is 79.9. The Morgan fingerprint density at radius 2 is 1.72 bits per heavy atom. The van der Waals surface area contributed by atoms with Crippen molar-refractivity contribution in [2.75, 3.05) is 26.2 Å². The molecule has 0 bridgehead atoms. The predicted octanol–water partition coefficient (Wildman–Crippen LogP) is 3.52. The van der Waals surface area contributed by atoms with Gasteiger partial charge in [-0.15, -0.1) is 0 Å². The third-order valence-electron chi connectivity index (χ3n) is 4.35. The van der Waals surface area contributed by atoms with Gasteiger partial charge < -0.3 is 14.4 Å². The molecule has 3 rings (SSSR count). The van der Waals surface area contributed by atoms with Crippen molar-refractivity contribution in [1.29, 1.82) is 0 Å². The lowest BCUT2D eigenvalue weighted by Gasteiger charge is -2.35. The van der Waals surface area contributed by atoms with Gasteiger partial charge in [0.2, 0.25) is 0 Å². The van der Waals surface area contributed by atoms with Gasteiger partial charge >= 0.3 is 0 Å². The average Bonchev–Trinajstić information content (AvgIpc) is 3.01. The van der Waals surface area contributed by atoms with Crippen molar-refractivity contribution in [3.05, 3.63) is 57.3 Å². The molecule has 2 amide bonds. The standard InChI is InChI=1S/C18H19BrClN3O2/c1-2-21-12-14(19)11-16(21)18(25)23-8-6-22(7-9-23)17(24)13-4-3-5-15(20)10-13/h3-5,10-12H,2,6-9H2,1H3. The molecule has 132 valence electrons. The summed E-state index contributed by atoms with van der Waals surface area (Å²) in [5.41, 5.74) is 1.25. The van der Waals surface area contributed by atoms with E-state index in [9.17, 15) is 9.59 Å². The summed E-state index contributed by atoms with van der Waals surface area (Å²) in [6.45, 7) is 4.83. The molecule has 0 spiro atoms. The number of hydrogen-bond donors (Lipinski definition) is 0. The highest BCUT2D eigenvalue weighted by Gasteiger charge is 2.27. The molecular weight excluding hydrogens is 406 g/mol. The smallest absolute Gasteiger partial charge is 0.270 e. The molecule has 0 unspecified atom stereocenters. The largest absolute Gasteiger partial charge is 0.343 e. The second-order valence-electron chi connectivity index (χ2n) is 5.92. The number of amides is 2. The van der Waals surface area contributed by atoms with Crippen LogP contribution in [0, 0.1) is 0 Å². The molecule has 0 saturated carbocycles. The van der Waals surface area contributed by atoms with E-state index in [1.54, 1.807) is 34.1 Å². The van der Waals surface area contributed by atoms with E-state index in [0.29, 0.717) is 42.5 Å². The zero-order valence-corrected chi connectivity index (χ0v) is 16.3. The first-order valence-corrected chi connectivity index (χ1v) is 9.36. The Morgan fingerprint density at radius 3 is 2.32 bits per heavy atom. The summed E-state index contributed by atoms with van der Waals surface area (Å²) in [5.74, 6) is -0.0447. The molecule has 0 N–H and O–H groups in total. The fourth-order valence-corrected chi connectivity index (χ4v) is 3.65. The lowest BCUT2D eigenvalue weighted by atomic mass is 10.2. The van der Waals surface area contributed by atoms with E-state index in [1.807, 2.05) is 23.8 Å². The Kier molecular flexibility index (Phi) is 5.49. The number of halogens is 2. The van der Waals surface area contributed by atoms with Crippen LogP contribution < -0.4 is 0 Å². The molecular formula is C18H19BrClN3O2. The summed E-state index contributed by atoms with van der Waals surface area (Å²) in [7, 11) is 0. The maximum atomic E-state index is 12.7. The van der Waals surface area contributed by atoms with E-state index in [1.165, 1.54) is 0 Å². The number of carbonyl (C=O) groups excluding carboxylic acids is 2. The van der Waals surface area contributed by atoms with Crippen molar-refractivity contribution < 1.29 is 9.59 Å². The number of hydrogen-bond acceptors (Lipinski definition) is 2. The topological polar surface area (TPSA) is 45.6 Å². The van der Waals surface area contributed by atoms with Gasteiger partial charge in [-0.05, 0) is 47.1 Å². The van der Waals surface area contributed by atoms with Crippen molar-refractivity contribution in [3.8, 4) is 0 Å². The molecule has 5 nitrogen and oxygen atoms in total. The van der Waals surface area contributed by atoms with Crippen molar-refractivity contribution in [3.63, 3.8) is 0 Å². The number of piperazine rings is 1. The maximum Gasteiger partial charge on any atom is 0.270 e. The van der Waals surface area contributed by atoms with Gasteiger partial charge in [0, 0.05) is 54.0 Å². The van der Waals surface area contributed by atoms with Crippen molar-refractivity contribution >= 4 is 39.3 Å². The van der Waals surface area contributed by atoms with E-state index in [0.717, 1.165) is 11.0 Å². The lowest BCUT2D eigenvalue weighted by molar-refractivity contribution is 0.0529. The number of aromatic nitrogens is 1. The summed E-state index contributed by atoms with van der Waals surface area (Å²) >= 11 is 9.38. The lowest BCUT2D eigenvalue weighted by Crippen LogP contribution is -2.50. The Bertz CT molecular complexity index is 797. The number of rotatable bonds is 3. The van der Waals surface area contributed by atoms with Crippen LogP contribution in [-0.2, 0) is 6.54 Å². The van der Waals surface area contributed by atoms with E-state index in [2.05, 4.69) is 15.9 Å². The van der Waals surface area contributed by atoms with Gasteiger partial charge in [-0.1, -0.05) is 17.7 Å². The van der Waals surface area contributed by atoms with E-state index < -0.39 is 0 Å². The Balaban J connectivity index is 1.65. The van der Waals surface area contributed by atoms with Crippen molar-refractivity contribution in [2.45, 2.75) is 13.5 Å². The van der Waals surface area contributed by atoms with Crippen LogP contribution in [0.25, 0.3) is 0 Å². The van der Waals surface area contributed by atoms with Crippen molar-refractivity contribution in [1.82, 2.24) is 14.4 Å². The van der Waals surface area contributed by atoms with E-state index in [-0.39, 0.29) is 11.8 Å². The van der Waals surface area contributed by atoms with Crippen LogP contribution in [0.5, 0.6) is 0 Å². The van der Waals surface area contributed by atoms with E-state index in [4.69, 9.17) is 11.6 Å². The van der Waals surface area contributed by atoms with Gasteiger partial charge in [0.1, 0.15) is 5.69 Å².